The molecule has 0 spiro atoms. The molecule has 30 heavy (non-hydrogen) atoms. The molecular formula is C22H35FN6O. The molecule has 3 rings (SSSR count). The van der Waals surface area contributed by atoms with E-state index < -0.39 is 0 Å². The number of piperidine rings is 1. The van der Waals surface area contributed by atoms with E-state index in [1.54, 1.807) is 19.2 Å². The lowest BCUT2D eigenvalue weighted by Crippen LogP contribution is -2.49. The van der Waals surface area contributed by atoms with E-state index in [1.165, 1.54) is 44.5 Å². The number of guanidine groups is 1. The summed E-state index contributed by atoms with van der Waals surface area (Å²) in [6, 6.07) is 6.54. The Hall–Kier alpha value is -2.35. The van der Waals surface area contributed by atoms with Crippen LogP contribution in [0, 0.1) is 5.82 Å². The van der Waals surface area contributed by atoms with Gasteiger partial charge in [-0.1, -0.05) is 6.42 Å². The van der Waals surface area contributed by atoms with Gasteiger partial charge in [0.25, 0.3) is 0 Å². The fourth-order valence-corrected chi connectivity index (χ4v) is 4.05. The molecule has 0 saturated carbocycles. The summed E-state index contributed by atoms with van der Waals surface area (Å²) in [5, 5.41) is 6.58. The van der Waals surface area contributed by atoms with Crippen LogP contribution in [0.3, 0.4) is 0 Å². The van der Waals surface area contributed by atoms with Crippen LogP contribution in [0.15, 0.2) is 29.3 Å². The molecule has 1 aromatic rings. The molecule has 7 nitrogen and oxygen atoms in total. The van der Waals surface area contributed by atoms with Gasteiger partial charge >= 0.3 is 0 Å². The number of amides is 1. The van der Waals surface area contributed by atoms with Gasteiger partial charge in [0.1, 0.15) is 5.82 Å². The summed E-state index contributed by atoms with van der Waals surface area (Å²) in [6.07, 6.45) is 4.40. The standard InChI is InChI=1S/C22H35FN6O/c1-24-22(26-11-14-27-12-3-2-4-13-27)25-10-9-21(30)29-17-15-28(16-18-29)20-7-5-19(23)6-8-20/h5-8H,2-4,9-18H2,1H3,(H2,24,25,26). The monoisotopic (exact) mass is 418 g/mol. The molecule has 1 amide bonds. The second kappa shape index (κ2) is 11.7. The van der Waals surface area contributed by atoms with E-state index in [1.807, 2.05) is 4.90 Å². The molecule has 8 heteroatoms. The van der Waals surface area contributed by atoms with E-state index in [9.17, 15) is 9.18 Å². The van der Waals surface area contributed by atoms with Crippen molar-refractivity contribution in [3.05, 3.63) is 30.1 Å². The van der Waals surface area contributed by atoms with Crippen LogP contribution in [-0.2, 0) is 4.79 Å². The minimum Gasteiger partial charge on any atom is -0.368 e. The normalized spacial score (nSPS) is 18.4. The first-order valence-electron chi connectivity index (χ1n) is 11.1. The number of benzene rings is 1. The maximum Gasteiger partial charge on any atom is 0.224 e. The van der Waals surface area contributed by atoms with Crippen molar-refractivity contribution in [1.29, 1.82) is 0 Å². The van der Waals surface area contributed by atoms with Gasteiger partial charge in [-0.25, -0.2) is 4.39 Å². The Balaban J connectivity index is 1.30. The number of carbonyl (C=O) groups excluding carboxylic acids is 1. The van der Waals surface area contributed by atoms with Crippen LogP contribution in [-0.4, -0.2) is 87.6 Å². The summed E-state index contributed by atoms with van der Waals surface area (Å²) in [7, 11) is 1.76. The molecular weight excluding hydrogens is 383 g/mol. The van der Waals surface area contributed by atoms with Crippen LogP contribution in [0.2, 0.25) is 0 Å². The van der Waals surface area contributed by atoms with Gasteiger partial charge in [-0.15, -0.1) is 0 Å². The average Bonchev–Trinajstić information content (AvgIpc) is 2.79. The number of nitrogens with zero attached hydrogens (tertiary/aromatic N) is 4. The molecule has 0 unspecified atom stereocenters. The zero-order valence-electron chi connectivity index (χ0n) is 18.1. The lowest BCUT2D eigenvalue weighted by atomic mass is 10.1. The van der Waals surface area contributed by atoms with Crippen molar-refractivity contribution in [3.8, 4) is 0 Å². The van der Waals surface area contributed by atoms with Crippen LogP contribution < -0.4 is 15.5 Å². The SMILES string of the molecule is CN=C(NCCC(=O)N1CCN(c2ccc(F)cc2)CC1)NCCN1CCCCC1. The lowest BCUT2D eigenvalue weighted by molar-refractivity contribution is -0.131. The van der Waals surface area contributed by atoms with Crippen molar-refractivity contribution in [2.24, 2.45) is 4.99 Å². The number of carbonyl (C=O) groups is 1. The van der Waals surface area contributed by atoms with Crippen molar-refractivity contribution in [3.63, 3.8) is 0 Å². The molecule has 0 aromatic heterocycles. The number of anilines is 1. The highest BCUT2D eigenvalue weighted by Crippen LogP contribution is 2.17. The Kier molecular flexibility index (Phi) is 8.74. The molecule has 0 atom stereocenters. The Labute approximate surface area is 179 Å². The third kappa shape index (κ3) is 6.86. The zero-order valence-corrected chi connectivity index (χ0v) is 18.1. The Morgan fingerprint density at radius 3 is 2.30 bits per heavy atom. The van der Waals surface area contributed by atoms with Gasteiger partial charge in [0.15, 0.2) is 5.96 Å². The van der Waals surface area contributed by atoms with Gasteiger partial charge in [0, 0.05) is 65.0 Å². The summed E-state index contributed by atoms with van der Waals surface area (Å²) in [4.78, 5) is 23.4. The predicted octanol–water partition coefficient (Wildman–Crippen LogP) is 1.52. The van der Waals surface area contributed by atoms with Crippen molar-refractivity contribution in [2.45, 2.75) is 25.7 Å². The van der Waals surface area contributed by atoms with Crippen molar-refractivity contribution in [2.75, 3.05) is 70.9 Å². The number of piperazine rings is 1. The number of hydrogen-bond donors (Lipinski definition) is 2. The van der Waals surface area contributed by atoms with Gasteiger partial charge in [-0.05, 0) is 50.2 Å². The minimum atomic E-state index is -0.226. The van der Waals surface area contributed by atoms with Crippen molar-refractivity contribution >= 4 is 17.6 Å². The summed E-state index contributed by atoms with van der Waals surface area (Å²) < 4.78 is 13.1. The van der Waals surface area contributed by atoms with E-state index >= 15 is 0 Å². The number of likely N-dealkylation sites (tertiary alicyclic amines) is 1. The number of nitrogens with one attached hydrogen (secondary N) is 2. The molecule has 2 N–H and O–H groups in total. The first-order valence-corrected chi connectivity index (χ1v) is 11.1. The van der Waals surface area contributed by atoms with E-state index in [0.29, 0.717) is 26.1 Å². The summed E-state index contributed by atoms with van der Waals surface area (Å²) >= 11 is 0. The van der Waals surface area contributed by atoms with Crippen LogP contribution in [0.1, 0.15) is 25.7 Å². The molecule has 0 bridgehead atoms. The van der Waals surface area contributed by atoms with Gasteiger partial charge in [-0.2, -0.15) is 0 Å². The molecule has 0 radical (unpaired) electrons. The maximum absolute atomic E-state index is 13.1. The van der Waals surface area contributed by atoms with Crippen molar-refractivity contribution in [1.82, 2.24) is 20.4 Å². The summed E-state index contributed by atoms with van der Waals surface area (Å²) in [5.74, 6) is 0.682. The number of aliphatic imine (C=N–C) groups is 1. The second-order valence-corrected chi connectivity index (χ2v) is 7.92. The van der Waals surface area contributed by atoms with Crippen LogP contribution in [0.25, 0.3) is 0 Å². The summed E-state index contributed by atoms with van der Waals surface area (Å²) in [6.45, 7) is 7.76. The van der Waals surface area contributed by atoms with Crippen LogP contribution in [0.4, 0.5) is 10.1 Å². The van der Waals surface area contributed by atoms with E-state index in [0.717, 1.165) is 37.8 Å². The Bertz CT molecular complexity index is 681. The number of hydrogen-bond acceptors (Lipinski definition) is 4. The van der Waals surface area contributed by atoms with Gasteiger partial charge in [0.2, 0.25) is 5.91 Å². The largest absolute Gasteiger partial charge is 0.368 e. The van der Waals surface area contributed by atoms with E-state index in [-0.39, 0.29) is 11.7 Å². The molecule has 2 aliphatic rings. The van der Waals surface area contributed by atoms with E-state index in [2.05, 4.69) is 25.4 Å². The lowest BCUT2D eigenvalue weighted by Gasteiger charge is -2.36. The van der Waals surface area contributed by atoms with Crippen molar-refractivity contribution < 1.29 is 9.18 Å². The highest BCUT2D eigenvalue weighted by molar-refractivity contribution is 5.81. The third-order valence-electron chi connectivity index (χ3n) is 5.85. The van der Waals surface area contributed by atoms with E-state index in [4.69, 9.17) is 0 Å². The highest BCUT2D eigenvalue weighted by atomic mass is 19.1. The average molecular weight is 419 g/mol. The van der Waals surface area contributed by atoms with Crippen LogP contribution in [0.5, 0.6) is 0 Å². The fourth-order valence-electron chi connectivity index (χ4n) is 4.05. The number of halogens is 1. The molecule has 166 valence electrons. The smallest absolute Gasteiger partial charge is 0.224 e. The molecule has 2 saturated heterocycles. The first kappa shape index (κ1) is 22.3. The highest BCUT2D eigenvalue weighted by Gasteiger charge is 2.21. The molecule has 2 fully saturated rings. The van der Waals surface area contributed by atoms with Gasteiger partial charge in [0.05, 0.1) is 0 Å². The minimum absolute atomic E-state index is 0.157. The maximum atomic E-state index is 13.1. The molecule has 1 aromatic carbocycles. The van der Waals surface area contributed by atoms with Gasteiger partial charge < -0.3 is 25.3 Å². The Morgan fingerprint density at radius 2 is 1.63 bits per heavy atom. The quantitative estimate of drug-likeness (QED) is 0.519. The summed E-state index contributed by atoms with van der Waals surface area (Å²) in [5.41, 5.74) is 1.00. The first-order chi connectivity index (χ1) is 14.7. The zero-order chi connectivity index (χ0) is 21.2. The molecule has 0 aliphatic carbocycles. The van der Waals surface area contributed by atoms with Gasteiger partial charge in [-0.3, -0.25) is 9.79 Å². The van der Waals surface area contributed by atoms with Crippen LogP contribution >= 0.6 is 0 Å². The topological polar surface area (TPSA) is 63.2 Å². The number of rotatable bonds is 7. The predicted molar refractivity (Wildman–Crippen MR) is 119 cm³/mol. The second-order valence-electron chi connectivity index (χ2n) is 7.92. The third-order valence-corrected chi connectivity index (χ3v) is 5.85. The fraction of sp³-hybridized carbons (Fsp3) is 0.636. The molecule has 2 aliphatic heterocycles. The Morgan fingerprint density at radius 1 is 0.967 bits per heavy atom. The molecule has 2 heterocycles.